The van der Waals surface area contributed by atoms with Gasteiger partial charge < -0.3 is 9.26 Å². The predicted molar refractivity (Wildman–Crippen MR) is 83.2 cm³/mol. The van der Waals surface area contributed by atoms with Crippen molar-refractivity contribution in [3.8, 4) is 5.75 Å². The molecule has 1 aromatic heterocycles. The zero-order valence-corrected chi connectivity index (χ0v) is 12.8. The summed E-state index contributed by atoms with van der Waals surface area (Å²) in [7, 11) is 1.36. The maximum Gasteiger partial charge on any atom is 0.299 e. The second-order valence-electron chi connectivity index (χ2n) is 4.43. The molecule has 0 saturated carbocycles. The number of hydrogen-bond donors (Lipinski definition) is 0. The van der Waals surface area contributed by atoms with E-state index in [2.05, 4.69) is 0 Å². The van der Waals surface area contributed by atoms with Crippen molar-refractivity contribution >= 4 is 40.1 Å². The number of hydrogen-bond acceptors (Lipinski definition) is 4. The molecule has 0 N–H and O–H groups in total. The number of halogens is 2. The van der Waals surface area contributed by atoms with E-state index >= 15 is 0 Å². The zero-order valence-electron chi connectivity index (χ0n) is 11.3. The minimum atomic E-state index is -0.745. The highest BCUT2D eigenvalue weighted by molar-refractivity contribution is 6.37. The van der Waals surface area contributed by atoms with Crippen molar-refractivity contribution in [1.82, 2.24) is 4.74 Å². The van der Waals surface area contributed by atoms with E-state index in [1.165, 1.54) is 19.2 Å². The Labute approximate surface area is 134 Å². The van der Waals surface area contributed by atoms with Crippen LogP contribution in [0.4, 0.5) is 0 Å². The largest absolute Gasteiger partial charge is 0.494 e. The second-order valence-corrected chi connectivity index (χ2v) is 5.24. The predicted octanol–water partition coefficient (Wildman–Crippen LogP) is 3.60. The van der Waals surface area contributed by atoms with Crippen LogP contribution in [-0.4, -0.2) is 17.8 Å². The molecule has 0 fully saturated rings. The van der Waals surface area contributed by atoms with Crippen molar-refractivity contribution in [3.05, 3.63) is 62.4 Å². The third kappa shape index (κ3) is 2.19. The molecular weight excluding hydrogens is 329 g/mol. The minimum Gasteiger partial charge on any atom is -0.494 e. The molecule has 0 aliphatic heterocycles. The van der Waals surface area contributed by atoms with Crippen molar-refractivity contribution in [2.75, 3.05) is 7.11 Å². The molecule has 0 unspecified atom stereocenters. The number of benzene rings is 2. The molecule has 3 rings (SSSR count). The van der Waals surface area contributed by atoms with Gasteiger partial charge in [0.25, 0.3) is 11.5 Å². The van der Waals surface area contributed by atoms with Crippen LogP contribution < -0.4 is 10.3 Å². The molecule has 0 spiro atoms. The quantitative estimate of drug-likeness (QED) is 0.716. The van der Waals surface area contributed by atoms with Crippen molar-refractivity contribution in [1.29, 1.82) is 0 Å². The molecule has 0 saturated heterocycles. The highest BCUT2D eigenvalue weighted by atomic mass is 35.5. The average molecular weight is 338 g/mol. The molecule has 0 amide bonds. The van der Waals surface area contributed by atoms with E-state index in [1.54, 1.807) is 24.3 Å². The normalized spacial score (nSPS) is 10.9. The molecule has 3 aromatic rings. The number of rotatable bonds is 2. The summed E-state index contributed by atoms with van der Waals surface area (Å²) in [6.07, 6.45) is 0. The van der Waals surface area contributed by atoms with Crippen molar-refractivity contribution < 1.29 is 14.1 Å². The summed E-state index contributed by atoms with van der Waals surface area (Å²) in [6, 6.07) is 9.50. The van der Waals surface area contributed by atoms with Crippen LogP contribution in [0.25, 0.3) is 11.0 Å². The number of carbonyl (C=O) groups excluding carboxylic acids is 1. The molecule has 0 bridgehead atoms. The van der Waals surface area contributed by atoms with Gasteiger partial charge in [-0.05, 0) is 24.3 Å². The smallest absolute Gasteiger partial charge is 0.299 e. The first-order valence-corrected chi connectivity index (χ1v) is 6.98. The molecule has 7 heteroatoms. The first-order chi connectivity index (χ1) is 10.5. The molecule has 0 radical (unpaired) electrons. The van der Waals surface area contributed by atoms with Crippen LogP contribution in [0.2, 0.25) is 10.0 Å². The molecule has 0 atom stereocenters. The Hall–Kier alpha value is -2.24. The number of fused-ring (bicyclic) bond motifs is 1. The van der Waals surface area contributed by atoms with E-state index in [1.807, 2.05) is 0 Å². The van der Waals surface area contributed by atoms with Crippen LogP contribution in [0.15, 0.2) is 45.7 Å². The Kier molecular flexibility index (Phi) is 3.68. The molecule has 0 aliphatic rings. The fourth-order valence-electron chi connectivity index (χ4n) is 2.14. The van der Waals surface area contributed by atoms with E-state index in [9.17, 15) is 9.59 Å². The first kappa shape index (κ1) is 14.7. The molecular formula is C15H9Cl2NO4. The highest BCUT2D eigenvalue weighted by Crippen LogP contribution is 2.34. The van der Waals surface area contributed by atoms with E-state index in [0.29, 0.717) is 15.7 Å². The van der Waals surface area contributed by atoms with Gasteiger partial charge in [-0.15, -0.1) is 0 Å². The summed E-state index contributed by atoms with van der Waals surface area (Å²) < 4.78 is 11.1. The summed E-state index contributed by atoms with van der Waals surface area (Å²) >= 11 is 12.1. The van der Waals surface area contributed by atoms with Crippen molar-refractivity contribution in [3.63, 3.8) is 0 Å². The van der Waals surface area contributed by atoms with Crippen LogP contribution in [-0.2, 0) is 0 Å². The van der Waals surface area contributed by atoms with E-state index < -0.39 is 11.5 Å². The lowest BCUT2D eigenvalue weighted by Gasteiger charge is -2.10. The third-order valence-corrected chi connectivity index (χ3v) is 3.77. The van der Waals surface area contributed by atoms with E-state index in [4.69, 9.17) is 32.5 Å². The number of methoxy groups -OCH3 is 1. The molecule has 0 aliphatic carbocycles. The number of ether oxygens (including phenoxy) is 1. The zero-order chi connectivity index (χ0) is 15.9. The molecule has 2 aromatic carbocycles. The fourth-order valence-corrected chi connectivity index (χ4v) is 2.60. The fraction of sp³-hybridized carbons (Fsp3) is 0.0667. The van der Waals surface area contributed by atoms with E-state index in [0.717, 1.165) is 0 Å². The summed E-state index contributed by atoms with van der Waals surface area (Å²) in [4.78, 5) is 24.9. The Morgan fingerprint density at radius 3 is 2.50 bits per heavy atom. The molecule has 5 nitrogen and oxygen atoms in total. The number of carbonyl (C=O) groups is 1. The summed E-state index contributed by atoms with van der Waals surface area (Å²) in [5.74, 6) is -0.655. The van der Waals surface area contributed by atoms with Gasteiger partial charge >= 0.3 is 0 Å². The summed E-state index contributed by atoms with van der Waals surface area (Å²) in [6.45, 7) is 0. The summed E-state index contributed by atoms with van der Waals surface area (Å²) in [5.41, 5.74) is -0.297. The van der Waals surface area contributed by atoms with Gasteiger partial charge in [0.1, 0.15) is 5.56 Å². The lowest BCUT2D eigenvalue weighted by atomic mass is 10.2. The maximum atomic E-state index is 12.6. The minimum absolute atomic E-state index is 0.0298. The van der Waals surface area contributed by atoms with Gasteiger partial charge in [-0.3, -0.25) is 9.59 Å². The van der Waals surface area contributed by atoms with Crippen LogP contribution in [0.1, 0.15) is 10.4 Å². The van der Waals surface area contributed by atoms with Gasteiger partial charge in [0.15, 0.2) is 11.3 Å². The average Bonchev–Trinajstić information content (AvgIpc) is 2.86. The van der Waals surface area contributed by atoms with Gasteiger partial charge in [0.2, 0.25) is 0 Å². The van der Waals surface area contributed by atoms with Gasteiger partial charge in [-0.1, -0.05) is 40.1 Å². The molecule has 22 heavy (non-hydrogen) atoms. The lowest BCUT2D eigenvalue weighted by molar-refractivity contribution is 0.0848. The Morgan fingerprint density at radius 2 is 1.82 bits per heavy atom. The van der Waals surface area contributed by atoms with Gasteiger partial charge in [0, 0.05) is 0 Å². The monoisotopic (exact) mass is 337 g/mol. The topological polar surface area (TPSA) is 61.4 Å². The lowest BCUT2D eigenvalue weighted by Crippen LogP contribution is -2.23. The maximum absolute atomic E-state index is 12.6. The highest BCUT2D eigenvalue weighted by Gasteiger charge is 2.25. The van der Waals surface area contributed by atoms with Crippen LogP contribution in [0, 0.1) is 0 Å². The SMILES string of the molecule is COc1c(Cl)ccc(Cl)c1C(=O)n1oc2ccccc2c1=O. The van der Waals surface area contributed by atoms with Gasteiger partial charge in [-0.25, -0.2) is 0 Å². The number of nitrogens with zero attached hydrogens (tertiary/aromatic N) is 1. The standard InChI is InChI=1S/C15H9Cl2NO4/c1-21-13-10(17)7-6-9(16)12(13)15(20)18-14(19)8-4-2-3-5-11(8)22-18/h2-7H,1H3. The third-order valence-electron chi connectivity index (χ3n) is 3.15. The second kappa shape index (κ2) is 5.51. The van der Waals surface area contributed by atoms with Crippen LogP contribution >= 0.6 is 23.2 Å². The van der Waals surface area contributed by atoms with Gasteiger partial charge in [0.05, 0.1) is 22.5 Å². The molecule has 112 valence electrons. The number of aromatic nitrogens is 1. The first-order valence-electron chi connectivity index (χ1n) is 6.22. The van der Waals surface area contributed by atoms with Crippen molar-refractivity contribution in [2.45, 2.75) is 0 Å². The molecule has 1 heterocycles. The van der Waals surface area contributed by atoms with Crippen LogP contribution in [0.5, 0.6) is 5.75 Å². The van der Waals surface area contributed by atoms with E-state index in [-0.39, 0.29) is 21.4 Å². The van der Waals surface area contributed by atoms with Gasteiger partial charge in [-0.2, -0.15) is 0 Å². The Balaban J connectivity index is 2.25. The number of para-hydroxylation sites is 1. The summed E-state index contributed by atoms with van der Waals surface area (Å²) in [5, 5.41) is 0.617. The van der Waals surface area contributed by atoms with Crippen molar-refractivity contribution in [2.24, 2.45) is 0 Å². The Bertz CT molecular complexity index is 942. The Morgan fingerprint density at radius 1 is 1.14 bits per heavy atom. The van der Waals surface area contributed by atoms with Crippen LogP contribution in [0.3, 0.4) is 0 Å².